The molecule has 4 nitrogen and oxygen atoms in total. The molecule has 2 atom stereocenters. The van der Waals surface area contributed by atoms with Crippen molar-refractivity contribution < 1.29 is 0 Å². The number of likely N-dealkylation sites (tertiary alicyclic amines) is 1. The molecular weight excluding hydrogens is 292 g/mol. The Hall–Kier alpha value is -0.910. The van der Waals surface area contributed by atoms with Gasteiger partial charge in [-0.05, 0) is 34.0 Å². The van der Waals surface area contributed by atoms with Crippen LogP contribution in [0.3, 0.4) is 0 Å². The topological polar surface area (TPSA) is 46.6 Å². The number of imidazole rings is 1. The maximum atomic E-state index is 6.06. The van der Waals surface area contributed by atoms with Gasteiger partial charge >= 0.3 is 0 Å². The Morgan fingerprint density at radius 3 is 3.00 bits per heavy atom. The Labute approximate surface area is 115 Å². The molecule has 1 saturated heterocycles. The van der Waals surface area contributed by atoms with Gasteiger partial charge in [0.2, 0.25) is 0 Å². The van der Waals surface area contributed by atoms with Crippen LogP contribution >= 0.6 is 15.9 Å². The van der Waals surface area contributed by atoms with Crippen molar-refractivity contribution in [2.75, 3.05) is 13.1 Å². The van der Waals surface area contributed by atoms with E-state index in [0.29, 0.717) is 12.0 Å². The molecule has 0 saturated carbocycles. The fourth-order valence-corrected chi connectivity index (χ4v) is 2.91. The lowest BCUT2D eigenvalue weighted by Gasteiger charge is -2.14. The van der Waals surface area contributed by atoms with Crippen LogP contribution < -0.4 is 5.73 Å². The molecular formula is C13H17BrN4. The summed E-state index contributed by atoms with van der Waals surface area (Å²) in [5.74, 6) is 0.580. The summed E-state index contributed by atoms with van der Waals surface area (Å²) in [6.07, 6.45) is 4.02. The van der Waals surface area contributed by atoms with Crippen LogP contribution in [0.5, 0.6) is 0 Å². The van der Waals surface area contributed by atoms with Gasteiger partial charge in [-0.2, -0.15) is 0 Å². The van der Waals surface area contributed by atoms with Crippen LogP contribution in [0, 0.1) is 5.92 Å². The lowest BCUT2D eigenvalue weighted by Crippen LogP contribution is -2.28. The summed E-state index contributed by atoms with van der Waals surface area (Å²) in [5, 5.41) is 0. The molecule has 0 spiro atoms. The van der Waals surface area contributed by atoms with Crippen molar-refractivity contribution in [3.05, 3.63) is 34.7 Å². The number of hydrogen-bond acceptors (Lipinski definition) is 3. The van der Waals surface area contributed by atoms with E-state index in [1.54, 1.807) is 0 Å². The summed E-state index contributed by atoms with van der Waals surface area (Å²) < 4.78 is 3.21. The van der Waals surface area contributed by atoms with Crippen LogP contribution in [0.15, 0.2) is 29.0 Å². The van der Waals surface area contributed by atoms with Crippen molar-refractivity contribution in [3.63, 3.8) is 0 Å². The highest BCUT2D eigenvalue weighted by Crippen LogP contribution is 2.19. The zero-order chi connectivity index (χ0) is 12.7. The molecule has 3 heterocycles. The van der Waals surface area contributed by atoms with E-state index in [9.17, 15) is 0 Å². The molecule has 18 heavy (non-hydrogen) atoms. The van der Waals surface area contributed by atoms with Gasteiger partial charge < -0.3 is 10.1 Å². The van der Waals surface area contributed by atoms with Gasteiger partial charge in [-0.15, -0.1) is 0 Å². The number of hydrogen-bond donors (Lipinski definition) is 1. The Balaban J connectivity index is 1.85. The van der Waals surface area contributed by atoms with Gasteiger partial charge in [0.25, 0.3) is 0 Å². The average Bonchev–Trinajstić information content (AvgIpc) is 2.85. The number of pyridine rings is 1. The van der Waals surface area contributed by atoms with E-state index in [4.69, 9.17) is 5.73 Å². The first-order valence-corrected chi connectivity index (χ1v) is 7.02. The lowest BCUT2D eigenvalue weighted by atomic mass is 10.1. The number of nitrogens with zero attached hydrogens (tertiary/aromatic N) is 3. The van der Waals surface area contributed by atoms with E-state index < -0.39 is 0 Å². The quantitative estimate of drug-likeness (QED) is 0.921. The largest absolute Gasteiger partial charge is 0.326 e. The molecule has 0 aromatic carbocycles. The van der Waals surface area contributed by atoms with Crippen molar-refractivity contribution in [2.45, 2.75) is 19.5 Å². The minimum atomic E-state index is 0.302. The summed E-state index contributed by atoms with van der Waals surface area (Å²) in [6.45, 7) is 5.18. The zero-order valence-electron chi connectivity index (χ0n) is 10.4. The second kappa shape index (κ2) is 4.64. The van der Waals surface area contributed by atoms with Gasteiger partial charge in [0, 0.05) is 36.3 Å². The predicted molar refractivity (Wildman–Crippen MR) is 75.3 cm³/mol. The fraction of sp³-hybridized carbons (Fsp3) is 0.462. The minimum absolute atomic E-state index is 0.302. The van der Waals surface area contributed by atoms with Gasteiger partial charge in [0.05, 0.1) is 11.9 Å². The molecule has 1 aliphatic heterocycles. The number of aromatic nitrogens is 2. The number of fused-ring (bicyclic) bond motifs is 1. The Bertz CT molecular complexity index is 555. The van der Waals surface area contributed by atoms with Gasteiger partial charge in [0.1, 0.15) is 5.65 Å². The predicted octanol–water partition coefficient (Wildman–Crippen LogP) is 1.88. The molecule has 1 aliphatic rings. The molecule has 2 aromatic heterocycles. The molecule has 2 aromatic rings. The minimum Gasteiger partial charge on any atom is -0.326 e. The highest BCUT2D eigenvalue weighted by molar-refractivity contribution is 9.10. The molecule has 1 fully saturated rings. The second-order valence-electron chi connectivity index (χ2n) is 5.16. The van der Waals surface area contributed by atoms with E-state index in [1.165, 1.54) is 5.69 Å². The van der Waals surface area contributed by atoms with Crippen LogP contribution in [-0.2, 0) is 6.54 Å². The maximum absolute atomic E-state index is 6.06. The van der Waals surface area contributed by atoms with E-state index in [-0.39, 0.29) is 0 Å². The van der Waals surface area contributed by atoms with E-state index >= 15 is 0 Å². The van der Waals surface area contributed by atoms with Crippen molar-refractivity contribution in [1.82, 2.24) is 14.3 Å². The first-order valence-electron chi connectivity index (χ1n) is 6.23. The van der Waals surface area contributed by atoms with Gasteiger partial charge in [-0.3, -0.25) is 4.90 Å². The van der Waals surface area contributed by atoms with E-state index in [0.717, 1.165) is 29.8 Å². The average molecular weight is 309 g/mol. The van der Waals surface area contributed by atoms with Crippen molar-refractivity contribution in [2.24, 2.45) is 11.7 Å². The lowest BCUT2D eigenvalue weighted by molar-refractivity contribution is 0.314. The van der Waals surface area contributed by atoms with Crippen LogP contribution in [0.1, 0.15) is 12.6 Å². The molecule has 96 valence electrons. The maximum Gasteiger partial charge on any atom is 0.136 e. The fourth-order valence-electron chi connectivity index (χ4n) is 2.58. The summed E-state index contributed by atoms with van der Waals surface area (Å²) in [6, 6.07) is 4.34. The number of rotatable bonds is 2. The summed E-state index contributed by atoms with van der Waals surface area (Å²) in [7, 11) is 0. The first kappa shape index (κ1) is 12.1. The Kier molecular flexibility index (Phi) is 3.13. The zero-order valence-corrected chi connectivity index (χ0v) is 12.0. The molecule has 5 heteroatoms. The molecule has 0 radical (unpaired) electrons. The van der Waals surface area contributed by atoms with Crippen LogP contribution in [0.25, 0.3) is 5.65 Å². The monoisotopic (exact) mass is 308 g/mol. The summed E-state index contributed by atoms with van der Waals surface area (Å²) in [4.78, 5) is 6.83. The van der Waals surface area contributed by atoms with Crippen molar-refractivity contribution >= 4 is 21.6 Å². The second-order valence-corrected chi connectivity index (χ2v) is 6.08. The SMILES string of the molecule is CC1CN(Cc2cnc3ccc(Br)cn23)CC1N. The van der Waals surface area contributed by atoms with Crippen LogP contribution in [0.2, 0.25) is 0 Å². The van der Waals surface area contributed by atoms with Crippen LogP contribution in [-0.4, -0.2) is 33.4 Å². The summed E-state index contributed by atoms with van der Waals surface area (Å²) in [5.41, 5.74) is 8.27. The third kappa shape index (κ3) is 2.18. The normalized spacial score (nSPS) is 25.1. The molecule has 0 bridgehead atoms. The highest BCUT2D eigenvalue weighted by Gasteiger charge is 2.26. The van der Waals surface area contributed by atoms with Gasteiger partial charge in [0.15, 0.2) is 0 Å². The first-order chi connectivity index (χ1) is 8.63. The van der Waals surface area contributed by atoms with E-state index in [1.807, 2.05) is 18.3 Å². The smallest absolute Gasteiger partial charge is 0.136 e. The van der Waals surface area contributed by atoms with Gasteiger partial charge in [-0.1, -0.05) is 6.92 Å². The Morgan fingerprint density at radius 2 is 2.28 bits per heavy atom. The third-order valence-corrected chi connectivity index (χ3v) is 4.15. The third-order valence-electron chi connectivity index (χ3n) is 3.68. The van der Waals surface area contributed by atoms with Crippen molar-refractivity contribution in [3.8, 4) is 0 Å². The molecule has 3 rings (SSSR count). The van der Waals surface area contributed by atoms with Gasteiger partial charge in [-0.25, -0.2) is 4.98 Å². The van der Waals surface area contributed by atoms with Crippen molar-refractivity contribution in [1.29, 1.82) is 0 Å². The molecule has 0 amide bonds. The summed E-state index contributed by atoms with van der Waals surface area (Å²) >= 11 is 3.50. The van der Waals surface area contributed by atoms with Crippen LogP contribution in [0.4, 0.5) is 0 Å². The molecule has 2 unspecified atom stereocenters. The number of halogens is 1. The molecule has 0 aliphatic carbocycles. The Morgan fingerprint density at radius 1 is 1.44 bits per heavy atom. The van der Waals surface area contributed by atoms with E-state index in [2.05, 4.69) is 43.3 Å². The highest BCUT2D eigenvalue weighted by atomic mass is 79.9. The number of nitrogens with two attached hydrogens (primary N) is 1. The molecule has 2 N–H and O–H groups in total. The standard InChI is InChI=1S/C13H17BrN4/c1-9-5-17(8-12(9)15)7-11-4-16-13-3-2-10(14)6-18(11)13/h2-4,6,9,12H,5,7-8,15H2,1H3.